The average molecular weight is 392 g/mol. The highest BCUT2D eigenvalue weighted by molar-refractivity contribution is 5.99. The van der Waals surface area contributed by atoms with Crippen LogP contribution in [0, 0.1) is 17.8 Å². The van der Waals surface area contributed by atoms with Gasteiger partial charge in [-0.3, -0.25) is 19.2 Å². The summed E-state index contributed by atoms with van der Waals surface area (Å²) < 4.78 is 4.58. The van der Waals surface area contributed by atoms with Crippen molar-refractivity contribution in [1.29, 1.82) is 0 Å². The van der Waals surface area contributed by atoms with Gasteiger partial charge >= 0.3 is 5.97 Å². The summed E-state index contributed by atoms with van der Waals surface area (Å²) in [6.45, 7) is -0.177. The fourth-order valence-electron chi connectivity index (χ4n) is 2.39. The molecular formula is C22H20N2O5. The largest absolute Gasteiger partial charge is 0.468 e. The molecular weight excluding hydrogens is 372 g/mol. The van der Waals surface area contributed by atoms with Gasteiger partial charge in [-0.25, -0.2) is 0 Å². The molecule has 0 aromatic heterocycles. The van der Waals surface area contributed by atoms with Gasteiger partial charge in [0.25, 0.3) is 5.91 Å². The second-order valence-corrected chi connectivity index (χ2v) is 5.97. The number of carbonyl (C=O) groups is 4. The highest BCUT2D eigenvalue weighted by Crippen LogP contribution is 2.06. The van der Waals surface area contributed by atoms with Crippen molar-refractivity contribution in [1.82, 2.24) is 10.6 Å². The molecule has 29 heavy (non-hydrogen) atoms. The molecule has 2 rings (SSSR count). The third-order valence-corrected chi connectivity index (χ3v) is 4.06. The van der Waals surface area contributed by atoms with E-state index in [-0.39, 0.29) is 6.54 Å². The molecule has 2 aromatic rings. The molecule has 148 valence electrons. The zero-order valence-corrected chi connectivity index (χ0v) is 16.0. The quantitative estimate of drug-likeness (QED) is 0.333. The van der Waals surface area contributed by atoms with Crippen LogP contribution < -0.4 is 10.6 Å². The van der Waals surface area contributed by atoms with E-state index in [0.29, 0.717) is 16.7 Å². The van der Waals surface area contributed by atoms with E-state index in [9.17, 15) is 19.2 Å². The van der Waals surface area contributed by atoms with E-state index in [1.807, 2.05) is 0 Å². The summed E-state index contributed by atoms with van der Waals surface area (Å²) in [5.41, 5.74) is 2.42. The number of carbonyl (C=O) groups excluding carboxylic acids is 4. The summed E-state index contributed by atoms with van der Waals surface area (Å²) in [5, 5.41) is 4.91. The Balaban J connectivity index is 2.01. The smallest absolute Gasteiger partial charge is 0.320 e. The van der Waals surface area contributed by atoms with Crippen LogP contribution in [0.25, 0.3) is 0 Å². The van der Waals surface area contributed by atoms with E-state index < -0.39 is 23.7 Å². The number of methoxy groups -OCH3 is 1. The van der Waals surface area contributed by atoms with Crippen LogP contribution in [0.5, 0.6) is 0 Å². The number of benzene rings is 2. The normalized spacial score (nSPS) is 10.7. The molecule has 2 amide bonds. The van der Waals surface area contributed by atoms with Crippen LogP contribution in [0.3, 0.4) is 0 Å². The maximum Gasteiger partial charge on any atom is 0.320 e. The predicted octanol–water partition coefficient (Wildman–Crippen LogP) is 1.16. The number of esters is 1. The van der Waals surface area contributed by atoms with Crippen LogP contribution in [-0.2, 0) is 14.3 Å². The number of hydrogen-bond donors (Lipinski definition) is 2. The van der Waals surface area contributed by atoms with E-state index >= 15 is 0 Å². The number of rotatable bonds is 6. The van der Waals surface area contributed by atoms with Gasteiger partial charge in [-0.15, -0.1) is 0 Å². The fourth-order valence-corrected chi connectivity index (χ4v) is 2.39. The highest BCUT2D eigenvalue weighted by atomic mass is 16.5. The zero-order chi connectivity index (χ0) is 21.2. The Labute approximate surface area is 168 Å². The zero-order valence-electron chi connectivity index (χ0n) is 16.0. The molecule has 0 spiro atoms. The van der Waals surface area contributed by atoms with E-state index in [0.717, 1.165) is 11.8 Å². The van der Waals surface area contributed by atoms with Crippen LogP contribution >= 0.6 is 0 Å². The molecule has 0 aliphatic heterocycles. The number of amides is 2. The summed E-state index contributed by atoms with van der Waals surface area (Å²) in [5.74, 6) is 3.14. The van der Waals surface area contributed by atoms with Crippen molar-refractivity contribution in [3.05, 3.63) is 70.8 Å². The first-order valence-electron chi connectivity index (χ1n) is 8.73. The molecule has 7 nitrogen and oxygen atoms in total. The Morgan fingerprint density at radius 1 is 1.00 bits per heavy atom. The molecule has 0 aliphatic carbocycles. The molecule has 0 heterocycles. The lowest BCUT2D eigenvalue weighted by atomic mass is 10.1. The number of aldehydes is 1. The highest BCUT2D eigenvalue weighted by Gasteiger charge is 2.27. The van der Waals surface area contributed by atoms with Crippen molar-refractivity contribution in [2.45, 2.75) is 0 Å². The first-order chi connectivity index (χ1) is 14.0. The Hall–Kier alpha value is -3.92. The maximum absolute atomic E-state index is 12.3. The van der Waals surface area contributed by atoms with Crippen LogP contribution in [0.15, 0.2) is 48.5 Å². The van der Waals surface area contributed by atoms with Crippen LogP contribution in [-0.4, -0.2) is 44.8 Å². The van der Waals surface area contributed by atoms with Gasteiger partial charge in [0.2, 0.25) is 5.91 Å². The fraction of sp³-hybridized carbons (Fsp3) is 0.182. The monoisotopic (exact) mass is 392 g/mol. The molecule has 2 aromatic carbocycles. The van der Waals surface area contributed by atoms with Gasteiger partial charge in [0.1, 0.15) is 6.29 Å². The molecule has 7 heteroatoms. The summed E-state index contributed by atoms with van der Waals surface area (Å²) in [7, 11) is 2.58. The van der Waals surface area contributed by atoms with Gasteiger partial charge in [-0.2, -0.15) is 0 Å². The maximum atomic E-state index is 12.3. The molecule has 0 bridgehead atoms. The first kappa shape index (κ1) is 21.4. The molecule has 1 atom stereocenters. The van der Waals surface area contributed by atoms with Gasteiger partial charge in [0.05, 0.1) is 7.11 Å². The van der Waals surface area contributed by atoms with E-state index in [1.165, 1.54) is 14.2 Å². The number of hydrogen-bond acceptors (Lipinski definition) is 5. The predicted molar refractivity (Wildman–Crippen MR) is 106 cm³/mol. The topological polar surface area (TPSA) is 102 Å². The van der Waals surface area contributed by atoms with E-state index in [1.54, 1.807) is 48.5 Å². The van der Waals surface area contributed by atoms with Crippen LogP contribution in [0.1, 0.15) is 31.8 Å². The van der Waals surface area contributed by atoms with Gasteiger partial charge < -0.3 is 15.4 Å². The SMILES string of the molecule is CNC(=O)C(CNC(=O)c1ccc(C#Cc2ccc(C=O)cc2)cc1)C(=O)OC. The summed E-state index contributed by atoms with van der Waals surface area (Å²) in [6, 6.07) is 13.5. The minimum Gasteiger partial charge on any atom is -0.468 e. The standard InChI is InChI=1S/C22H20N2O5/c1-23-21(27)19(22(28)29-2)13-24-20(26)18-11-9-16(10-12-18)4-3-15-5-7-17(14-25)8-6-15/h5-12,14,19H,13H2,1-2H3,(H,23,27)(H,24,26). The molecule has 0 aliphatic rings. The van der Waals surface area contributed by atoms with Crippen molar-refractivity contribution in [2.24, 2.45) is 5.92 Å². The van der Waals surface area contributed by atoms with Crippen molar-refractivity contribution in [3.8, 4) is 11.8 Å². The lowest BCUT2D eigenvalue weighted by Gasteiger charge is -2.14. The molecule has 0 saturated carbocycles. The lowest BCUT2D eigenvalue weighted by Crippen LogP contribution is -2.42. The lowest BCUT2D eigenvalue weighted by molar-refractivity contribution is -0.149. The molecule has 2 N–H and O–H groups in total. The summed E-state index contributed by atoms with van der Waals surface area (Å²) in [4.78, 5) is 46.3. The van der Waals surface area contributed by atoms with Crippen LogP contribution in [0.2, 0.25) is 0 Å². The number of ether oxygens (including phenoxy) is 1. The third kappa shape index (κ3) is 6.04. The van der Waals surface area contributed by atoms with Gasteiger partial charge in [-0.05, 0) is 36.4 Å². The molecule has 0 radical (unpaired) electrons. The Bertz CT molecular complexity index is 937. The van der Waals surface area contributed by atoms with E-state index in [4.69, 9.17) is 0 Å². The number of nitrogens with one attached hydrogen (secondary N) is 2. The average Bonchev–Trinajstić information content (AvgIpc) is 2.77. The van der Waals surface area contributed by atoms with Crippen molar-refractivity contribution in [3.63, 3.8) is 0 Å². The summed E-state index contributed by atoms with van der Waals surface area (Å²) >= 11 is 0. The van der Waals surface area contributed by atoms with Crippen molar-refractivity contribution < 1.29 is 23.9 Å². The van der Waals surface area contributed by atoms with Gasteiger partial charge in [0.15, 0.2) is 5.92 Å². The summed E-state index contributed by atoms with van der Waals surface area (Å²) in [6.07, 6.45) is 0.767. The second kappa shape index (κ2) is 10.4. The molecule has 1 unspecified atom stereocenters. The minimum absolute atomic E-state index is 0.177. The van der Waals surface area contributed by atoms with Crippen molar-refractivity contribution >= 4 is 24.1 Å². The van der Waals surface area contributed by atoms with E-state index in [2.05, 4.69) is 27.2 Å². The molecule has 0 fully saturated rings. The Morgan fingerprint density at radius 2 is 1.55 bits per heavy atom. The van der Waals surface area contributed by atoms with Crippen molar-refractivity contribution in [2.75, 3.05) is 20.7 Å². The Morgan fingerprint density at radius 3 is 2.03 bits per heavy atom. The molecule has 0 saturated heterocycles. The Kier molecular flexibility index (Phi) is 7.68. The minimum atomic E-state index is -1.12. The van der Waals surface area contributed by atoms with Crippen LogP contribution in [0.4, 0.5) is 0 Å². The van der Waals surface area contributed by atoms with Gasteiger partial charge in [-0.1, -0.05) is 24.0 Å². The third-order valence-electron chi connectivity index (χ3n) is 4.06. The first-order valence-corrected chi connectivity index (χ1v) is 8.73. The second-order valence-electron chi connectivity index (χ2n) is 5.97. The van der Waals surface area contributed by atoms with Gasteiger partial charge in [0, 0.05) is 35.8 Å².